The number of aliphatic hydroxyl groups excluding tert-OH is 1. The summed E-state index contributed by atoms with van der Waals surface area (Å²) < 4.78 is 0. The van der Waals surface area contributed by atoms with Gasteiger partial charge in [0.15, 0.2) is 0 Å². The molecule has 1 rings (SSSR count). The number of nitrogens with one attached hydrogen (secondary N) is 1. The van der Waals surface area contributed by atoms with Crippen molar-refractivity contribution in [1.29, 1.82) is 0 Å². The van der Waals surface area contributed by atoms with Crippen molar-refractivity contribution >= 4 is 23.4 Å². The molecule has 1 aliphatic rings. The van der Waals surface area contributed by atoms with E-state index in [2.05, 4.69) is 5.32 Å². The number of hydrogen-bond donors (Lipinski definition) is 2. The number of piperidine rings is 1. The maximum Gasteiger partial charge on any atom is 0.240 e. The lowest BCUT2D eigenvalue weighted by Gasteiger charge is -2.32. The maximum absolute atomic E-state index is 11.8. The molecule has 0 bridgehead atoms. The van der Waals surface area contributed by atoms with Gasteiger partial charge in [-0.2, -0.15) is 0 Å². The minimum Gasteiger partial charge on any atom is -0.396 e. The van der Waals surface area contributed by atoms with E-state index in [0.717, 1.165) is 0 Å². The first-order valence-corrected chi connectivity index (χ1v) is 6.81. The lowest BCUT2D eigenvalue weighted by molar-refractivity contribution is -0.135. The molecule has 104 valence electrons. The highest BCUT2D eigenvalue weighted by molar-refractivity contribution is 6.30. The van der Waals surface area contributed by atoms with E-state index in [1.165, 1.54) is 0 Å². The third-order valence-electron chi connectivity index (χ3n) is 3.15. The molecule has 0 radical (unpaired) electrons. The fourth-order valence-electron chi connectivity index (χ4n) is 2.05. The second kappa shape index (κ2) is 7.59. The number of amides is 2. The molecule has 2 amide bonds. The number of hydrogen-bond acceptors (Lipinski definition) is 3. The lowest BCUT2D eigenvalue weighted by atomic mass is 9.95. The summed E-state index contributed by atoms with van der Waals surface area (Å²) in [7, 11) is 0. The Morgan fingerprint density at radius 2 is 2.06 bits per heavy atom. The number of aliphatic hydroxyl groups is 1. The summed E-state index contributed by atoms with van der Waals surface area (Å²) in [6.07, 6.45) is 1.94. The van der Waals surface area contributed by atoms with E-state index < -0.39 is 5.38 Å². The van der Waals surface area contributed by atoms with Crippen molar-refractivity contribution < 1.29 is 14.7 Å². The molecule has 0 aliphatic carbocycles. The van der Waals surface area contributed by atoms with Gasteiger partial charge in [-0.3, -0.25) is 9.59 Å². The molecule has 0 spiro atoms. The molecule has 1 saturated heterocycles. The minimum atomic E-state index is -0.500. The SMILES string of the molecule is CC(Cl)C(=O)N1CCC(C(=O)NCCCO)CC1. The Balaban J connectivity index is 2.30. The first-order chi connectivity index (χ1) is 8.56. The van der Waals surface area contributed by atoms with Crippen LogP contribution in [0.25, 0.3) is 0 Å². The number of rotatable bonds is 5. The monoisotopic (exact) mass is 276 g/mol. The zero-order valence-corrected chi connectivity index (χ0v) is 11.4. The largest absolute Gasteiger partial charge is 0.396 e. The molecule has 0 saturated carbocycles. The van der Waals surface area contributed by atoms with E-state index in [1.54, 1.807) is 11.8 Å². The Morgan fingerprint density at radius 1 is 1.44 bits per heavy atom. The summed E-state index contributed by atoms with van der Waals surface area (Å²) in [6.45, 7) is 3.44. The van der Waals surface area contributed by atoms with Gasteiger partial charge >= 0.3 is 0 Å². The second-order valence-electron chi connectivity index (χ2n) is 4.58. The van der Waals surface area contributed by atoms with E-state index in [1.807, 2.05) is 0 Å². The van der Waals surface area contributed by atoms with Crippen molar-refractivity contribution in [3.8, 4) is 0 Å². The number of alkyl halides is 1. The van der Waals surface area contributed by atoms with Crippen LogP contribution < -0.4 is 5.32 Å². The highest BCUT2D eigenvalue weighted by atomic mass is 35.5. The van der Waals surface area contributed by atoms with Crippen molar-refractivity contribution in [3.05, 3.63) is 0 Å². The Morgan fingerprint density at radius 3 is 2.56 bits per heavy atom. The van der Waals surface area contributed by atoms with E-state index in [-0.39, 0.29) is 24.3 Å². The summed E-state index contributed by atoms with van der Waals surface area (Å²) >= 11 is 5.75. The van der Waals surface area contributed by atoms with Crippen LogP contribution in [0, 0.1) is 5.92 Å². The number of nitrogens with zero attached hydrogens (tertiary/aromatic N) is 1. The number of likely N-dealkylation sites (tertiary alicyclic amines) is 1. The number of halogens is 1. The zero-order valence-electron chi connectivity index (χ0n) is 10.7. The molecule has 0 aromatic rings. The molecule has 6 heteroatoms. The van der Waals surface area contributed by atoms with Crippen LogP contribution in [0.3, 0.4) is 0 Å². The predicted octanol–water partition coefficient (Wildman–Crippen LogP) is 0.351. The van der Waals surface area contributed by atoms with Crippen LogP contribution in [-0.2, 0) is 9.59 Å². The van der Waals surface area contributed by atoms with Gasteiger partial charge in [0.25, 0.3) is 0 Å². The van der Waals surface area contributed by atoms with Crippen molar-refractivity contribution in [2.75, 3.05) is 26.2 Å². The normalized spacial score (nSPS) is 18.5. The molecule has 1 atom stereocenters. The van der Waals surface area contributed by atoms with Crippen LogP contribution in [0.1, 0.15) is 26.2 Å². The van der Waals surface area contributed by atoms with E-state index in [4.69, 9.17) is 16.7 Å². The highest BCUT2D eigenvalue weighted by Crippen LogP contribution is 2.18. The van der Waals surface area contributed by atoms with E-state index in [9.17, 15) is 9.59 Å². The summed E-state index contributed by atoms with van der Waals surface area (Å²) in [5.74, 6) is -0.0661. The minimum absolute atomic E-state index is 0.0227. The Kier molecular flexibility index (Phi) is 6.43. The van der Waals surface area contributed by atoms with Crippen LogP contribution in [0.5, 0.6) is 0 Å². The maximum atomic E-state index is 11.8. The molecule has 1 aliphatic heterocycles. The molecule has 1 unspecified atom stereocenters. The Bertz CT molecular complexity index is 289. The average Bonchev–Trinajstić information content (AvgIpc) is 2.38. The van der Waals surface area contributed by atoms with Crippen molar-refractivity contribution in [2.45, 2.75) is 31.6 Å². The second-order valence-corrected chi connectivity index (χ2v) is 5.24. The summed E-state index contributed by atoms with van der Waals surface area (Å²) in [6, 6.07) is 0. The van der Waals surface area contributed by atoms with Gasteiger partial charge in [0, 0.05) is 32.2 Å². The molecular formula is C12H21ClN2O3. The third-order valence-corrected chi connectivity index (χ3v) is 3.34. The quantitative estimate of drug-likeness (QED) is 0.562. The smallest absolute Gasteiger partial charge is 0.240 e. The first kappa shape index (κ1) is 15.2. The standard InChI is InChI=1S/C12H21ClN2O3/c1-9(13)12(18)15-6-3-10(4-7-15)11(17)14-5-2-8-16/h9-10,16H,2-8H2,1H3,(H,14,17). The fourth-order valence-corrected chi connectivity index (χ4v) is 2.19. The van der Waals surface area contributed by atoms with Crippen LogP contribution in [0.2, 0.25) is 0 Å². The fraction of sp³-hybridized carbons (Fsp3) is 0.833. The zero-order chi connectivity index (χ0) is 13.5. The van der Waals surface area contributed by atoms with Gasteiger partial charge in [0.05, 0.1) is 0 Å². The van der Waals surface area contributed by atoms with E-state index in [0.29, 0.717) is 38.9 Å². The molecule has 1 fully saturated rings. The molecular weight excluding hydrogens is 256 g/mol. The molecule has 1 heterocycles. The molecule has 0 aromatic heterocycles. The average molecular weight is 277 g/mol. The summed E-state index contributed by atoms with van der Waals surface area (Å²) in [5, 5.41) is 10.9. The van der Waals surface area contributed by atoms with Crippen LogP contribution >= 0.6 is 11.6 Å². The van der Waals surface area contributed by atoms with Gasteiger partial charge in [-0.1, -0.05) is 0 Å². The van der Waals surface area contributed by atoms with Gasteiger partial charge < -0.3 is 15.3 Å². The number of carbonyl (C=O) groups excluding carboxylic acids is 2. The summed E-state index contributed by atoms with van der Waals surface area (Å²) in [4.78, 5) is 25.1. The van der Waals surface area contributed by atoms with E-state index >= 15 is 0 Å². The van der Waals surface area contributed by atoms with Gasteiger partial charge in [-0.05, 0) is 26.2 Å². The van der Waals surface area contributed by atoms with Crippen molar-refractivity contribution in [2.24, 2.45) is 5.92 Å². The topological polar surface area (TPSA) is 69.6 Å². The third kappa shape index (κ3) is 4.46. The highest BCUT2D eigenvalue weighted by Gasteiger charge is 2.28. The van der Waals surface area contributed by atoms with Gasteiger partial charge in [0.1, 0.15) is 5.38 Å². The van der Waals surface area contributed by atoms with Crippen LogP contribution in [-0.4, -0.2) is 53.4 Å². The van der Waals surface area contributed by atoms with Crippen LogP contribution in [0.15, 0.2) is 0 Å². The lowest BCUT2D eigenvalue weighted by Crippen LogP contribution is -2.45. The van der Waals surface area contributed by atoms with Crippen molar-refractivity contribution in [1.82, 2.24) is 10.2 Å². The predicted molar refractivity (Wildman–Crippen MR) is 69.3 cm³/mol. The Labute approximate surface area is 112 Å². The first-order valence-electron chi connectivity index (χ1n) is 6.37. The molecule has 18 heavy (non-hydrogen) atoms. The molecule has 5 nitrogen and oxygen atoms in total. The van der Waals surface area contributed by atoms with Crippen molar-refractivity contribution in [3.63, 3.8) is 0 Å². The Hall–Kier alpha value is -0.810. The van der Waals surface area contributed by atoms with Gasteiger partial charge in [0.2, 0.25) is 11.8 Å². The molecule has 0 aromatic carbocycles. The summed E-state index contributed by atoms with van der Waals surface area (Å²) in [5.41, 5.74) is 0. The molecule has 2 N–H and O–H groups in total. The van der Waals surface area contributed by atoms with Gasteiger partial charge in [-0.15, -0.1) is 11.6 Å². The van der Waals surface area contributed by atoms with Gasteiger partial charge in [-0.25, -0.2) is 0 Å². The van der Waals surface area contributed by atoms with Crippen LogP contribution in [0.4, 0.5) is 0 Å². The number of carbonyl (C=O) groups is 2.